The first-order valence-electron chi connectivity index (χ1n) is 6.12. The van der Waals surface area contributed by atoms with Crippen molar-refractivity contribution >= 4 is 21.9 Å². The third kappa shape index (κ3) is 5.54. The van der Waals surface area contributed by atoms with Crippen LogP contribution in [0.15, 0.2) is 22.7 Å². The fourth-order valence-electron chi connectivity index (χ4n) is 1.57. The van der Waals surface area contributed by atoms with Crippen LogP contribution in [-0.2, 0) is 11.2 Å². The summed E-state index contributed by atoms with van der Waals surface area (Å²) in [5.74, 6) is 0.576. The Kier molecular flexibility index (Phi) is 6.19. The Morgan fingerprint density at radius 2 is 2.17 bits per heavy atom. The van der Waals surface area contributed by atoms with Crippen LogP contribution < -0.4 is 4.74 Å². The highest BCUT2D eigenvalue weighted by Gasteiger charge is 2.07. The number of rotatable bonds is 7. The maximum atomic E-state index is 10.5. The Balaban J connectivity index is 2.67. The minimum Gasteiger partial charge on any atom is -0.493 e. The molecule has 0 fully saturated rings. The molecule has 1 rings (SSSR count). The van der Waals surface area contributed by atoms with Crippen molar-refractivity contribution in [1.29, 1.82) is 0 Å². The highest BCUT2D eigenvalue weighted by Crippen LogP contribution is 2.25. The fourth-order valence-corrected chi connectivity index (χ4v) is 1.98. The zero-order valence-corrected chi connectivity index (χ0v) is 12.4. The molecule has 1 N–H and O–H groups in total. The molecule has 100 valence electrons. The van der Waals surface area contributed by atoms with Crippen molar-refractivity contribution in [1.82, 2.24) is 0 Å². The monoisotopic (exact) mass is 314 g/mol. The Bertz CT molecular complexity index is 402. The number of carbonyl (C=O) groups is 1. The number of halogens is 1. The number of aliphatic carboxylic acids is 1. The summed E-state index contributed by atoms with van der Waals surface area (Å²) in [7, 11) is 0. The van der Waals surface area contributed by atoms with Gasteiger partial charge >= 0.3 is 5.97 Å². The average Bonchev–Trinajstić information content (AvgIpc) is 2.27. The summed E-state index contributed by atoms with van der Waals surface area (Å²) in [6.07, 6.45) is 1.54. The van der Waals surface area contributed by atoms with Crippen LogP contribution in [0, 0.1) is 5.92 Å². The van der Waals surface area contributed by atoms with Gasteiger partial charge in [-0.25, -0.2) is 0 Å². The van der Waals surface area contributed by atoms with E-state index in [0.717, 1.165) is 22.2 Å². The minimum atomic E-state index is -0.755. The molecule has 0 aliphatic heterocycles. The predicted molar refractivity (Wildman–Crippen MR) is 75.0 cm³/mol. The molecular formula is C14H19BrO3. The first-order chi connectivity index (χ1) is 8.49. The number of benzene rings is 1. The standard InChI is InChI=1S/C14H19BrO3/c1-10(2)9-18-13-7-6-12(15)8-11(13)4-3-5-14(16)17/h6-8,10H,3-5,9H2,1-2H3,(H,16,17). The summed E-state index contributed by atoms with van der Waals surface area (Å²) < 4.78 is 6.73. The number of hydrogen-bond donors (Lipinski definition) is 1. The van der Waals surface area contributed by atoms with E-state index in [2.05, 4.69) is 29.8 Å². The van der Waals surface area contributed by atoms with Gasteiger partial charge in [-0.3, -0.25) is 4.79 Å². The summed E-state index contributed by atoms with van der Waals surface area (Å²) in [4.78, 5) is 10.5. The first kappa shape index (κ1) is 15.0. The Morgan fingerprint density at radius 1 is 1.44 bits per heavy atom. The molecule has 0 unspecified atom stereocenters. The van der Waals surface area contributed by atoms with E-state index in [1.54, 1.807) is 0 Å². The van der Waals surface area contributed by atoms with Gasteiger partial charge in [0.25, 0.3) is 0 Å². The molecule has 0 atom stereocenters. The molecule has 0 bridgehead atoms. The molecule has 0 aliphatic rings. The number of carboxylic acids is 1. The van der Waals surface area contributed by atoms with Gasteiger partial charge in [-0.05, 0) is 42.5 Å². The van der Waals surface area contributed by atoms with Crippen LogP contribution in [0.3, 0.4) is 0 Å². The van der Waals surface area contributed by atoms with Gasteiger partial charge in [-0.1, -0.05) is 29.8 Å². The smallest absolute Gasteiger partial charge is 0.303 e. The van der Waals surface area contributed by atoms with Crippen LogP contribution in [0.2, 0.25) is 0 Å². The van der Waals surface area contributed by atoms with Gasteiger partial charge in [-0.2, -0.15) is 0 Å². The van der Waals surface area contributed by atoms with Gasteiger partial charge in [0.05, 0.1) is 6.61 Å². The lowest BCUT2D eigenvalue weighted by atomic mass is 10.1. The van der Waals surface area contributed by atoms with Crippen molar-refractivity contribution in [3.05, 3.63) is 28.2 Å². The van der Waals surface area contributed by atoms with Gasteiger partial charge in [-0.15, -0.1) is 0 Å². The largest absolute Gasteiger partial charge is 0.493 e. The lowest BCUT2D eigenvalue weighted by Gasteiger charge is -2.13. The number of ether oxygens (including phenoxy) is 1. The zero-order chi connectivity index (χ0) is 13.5. The maximum absolute atomic E-state index is 10.5. The van der Waals surface area contributed by atoms with Gasteiger partial charge in [0.2, 0.25) is 0 Å². The van der Waals surface area contributed by atoms with Gasteiger partial charge in [0.15, 0.2) is 0 Å². The van der Waals surface area contributed by atoms with E-state index in [1.165, 1.54) is 0 Å². The van der Waals surface area contributed by atoms with Crippen LogP contribution in [0.5, 0.6) is 5.75 Å². The second-order valence-electron chi connectivity index (χ2n) is 4.70. The lowest BCUT2D eigenvalue weighted by molar-refractivity contribution is -0.137. The van der Waals surface area contributed by atoms with E-state index in [1.807, 2.05) is 18.2 Å². The van der Waals surface area contributed by atoms with Crippen molar-refractivity contribution in [2.24, 2.45) is 5.92 Å². The van der Waals surface area contributed by atoms with Crippen molar-refractivity contribution in [3.8, 4) is 5.75 Å². The quantitative estimate of drug-likeness (QED) is 0.830. The van der Waals surface area contributed by atoms with Gasteiger partial charge < -0.3 is 9.84 Å². The van der Waals surface area contributed by atoms with Gasteiger partial charge in [0, 0.05) is 10.9 Å². The van der Waals surface area contributed by atoms with E-state index >= 15 is 0 Å². The van der Waals surface area contributed by atoms with E-state index in [9.17, 15) is 4.79 Å². The first-order valence-corrected chi connectivity index (χ1v) is 6.91. The average molecular weight is 315 g/mol. The minimum absolute atomic E-state index is 0.191. The third-order valence-corrected chi connectivity index (χ3v) is 2.92. The van der Waals surface area contributed by atoms with Crippen LogP contribution in [-0.4, -0.2) is 17.7 Å². The molecule has 0 spiro atoms. The molecular weight excluding hydrogens is 296 g/mol. The Hall–Kier alpha value is -1.03. The molecule has 0 saturated heterocycles. The summed E-state index contributed by atoms with van der Waals surface area (Å²) in [6, 6.07) is 5.87. The number of aryl methyl sites for hydroxylation is 1. The van der Waals surface area contributed by atoms with Gasteiger partial charge in [0.1, 0.15) is 5.75 Å². The Labute approximate surface area is 116 Å². The van der Waals surface area contributed by atoms with Crippen LogP contribution >= 0.6 is 15.9 Å². The second kappa shape index (κ2) is 7.41. The van der Waals surface area contributed by atoms with E-state index < -0.39 is 5.97 Å². The van der Waals surface area contributed by atoms with Crippen LogP contribution in [0.1, 0.15) is 32.3 Å². The topological polar surface area (TPSA) is 46.5 Å². The van der Waals surface area contributed by atoms with Crippen molar-refractivity contribution in [2.75, 3.05) is 6.61 Å². The summed E-state index contributed by atoms with van der Waals surface area (Å²) in [5, 5.41) is 8.65. The zero-order valence-electron chi connectivity index (χ0n) is 10.8. The molecule has 0 aromatic heterocycles. The van der Waals surface area contributed by atoms with E-state index in [0.29, 0.717) is 18.9 Å². The summed E-state index contributed by atoms with van der Waals surface area (Å²) in [5.41, 5.74) is 1.06. The van der Waals surface area contributed by atoms with Crippen LogP contribution in [0.4, 0.5) is 0 Å². The molecule has 0 heterocycles. The highest BCUT2D eigenvalue weighted by molar-refractivity contribution is 9.10. The molecule has 1 aromatic carbocycles. The third-order valence-electron chi connectivity index (χ3n) is 2.43. The SMILES string of the molecule is CC(C)COc1ccc(Br)cc1CCCC(=O)O. The molecule has 1 aromatic rings. The van der Waals surface area contributed by atoms with Crippen LogP contribution in [0.25, 0.3) is 0 Å². The fraction of sp³-hybridized carbons (Fsp3) is 0.500. The molecule has 3 nitrogen and oxygen atoms in total. The summed E-state index contributed by atoms with van der Waals surface area (Å²) in [6.45, 7) is 4.87. The second-order valence-corrected chi connectivity index (χ2v) is 5.62. The molecule has 4 heteroatoms. The molecule has 0 saturated carbocycles. The molecule has 0 radical (unpaired) electrons. The van der Waals surface area contributed by atoms with Crippen molar-refractivity contribution in [3.63, 3.8) is 0 Å². The maximum Gasteiger partial charge on any atom is 0.303 e. The predicted octanol–water partition coefficient (Wildman–Crippen LogP) is 3.89. The lowest BCUT2D eigenvalue weighted by Crippen LogP contribution is -2.06. The number of carboxylic acid groups (broad SMARTS) is 1. The Morgan fingerprint density at radius 3 is 2.78 bits per heavy atom. The molecule has 18 heavy (non-hydrogen) atoms. The molecule has 0 amide bonds. The van der Waals surface area contributed by atoms with E-state index in [-0.39, 0.29) is 6.42 Å². The summed E-state index contributed by atoms with van der Waals surface area (Å²) >= 11 is 3.43. The number of hydrogen-bond acceptors (Lipinski definition) is 2. The van der Waals surface area contributed by atoms with Crippen molar-refractivity contribution < 1.29 is 14.6 Å². The molecule has 0 aliphatic carbocycles. The normalized spacial score (nSPS) is 10.7. The van der Waals surface area contributed by atoms with Crippen molar-refractivity contribution in [2.45, 2.75) is 33.1 Å². The van der Waals surface area contributed by atoms with E-state index in [4.69, 9.17) is 9.84 Å². The highest BCUT2D eigenvalue weighted by atomic mass is 79.9.